The lowest BCUT2D eigenvalue weighted by molar-refractivity contribution is 0.0519. The fraction of sp³-hybridized carbons (Fsp3) is 0.391. The molecule has 0 spiro atoms. The second kappa shape index (κ2) is 10.6. The lowest BCUT2D eigenvalue weighted by atomic mass is 10.1. The zero-order valence-corrected chi connectivity index (χ0v) is 19.8. The topological polar surface area (TPSA) is 99.1 Å². The first kappa shape index (κ1) is 23.7. The maximum Gasteiger partial charge on any atom is 0.355 e. The minimum Gasteiger partial charge on any atom is -0.461 e. The zero-order chi connectivity index (χ0) is 23.3. The van der Waals surface area contributed by atoms with Gasteiger partial charge in [-0.05, 0) is 39.3 Å². The van der Waals surface area contributed by atoms with Crippen molar-refractivity contribution >= 4 is 23.5 Å². The van der Waals surface area contributed by atoms with Crippen LogP contribution in [0, 0.1) is 20.8 Å². The quantitative estimate of drug-likeness (QED) is 0.280. The Balaban J connectivity index is 1.82. The van der Waals surface area contributed by atoms with Crippen LogP contribution >= 0.6 is 11.8 Å². The van der Waals surface area contributed by atoms with Crippen LogP contribution in [0.15, 0.2) is 29.4 Å². The Labute approximate surface area is 191 Å². The number of H-pyrrole nitrogens is 1. The Hall–Kier alpha value is -2.91. The molecule has 3 rings (SSSR count). The summed E-state index contributed by atoms with van der Waals surface area (Å²) in [5, 5.41) is 9.34. The molecule has 0 atom stereocenters. The smallest absolute Gasteiger partial charge is 0.355 e. The Morgan fingerprint density at radius 3 is 2.66 bits per heavy atom. The number of ketones is 1. The second-order valence-electron chi connectivity index (χ2n) is 7.38. The van der Waals surface area contributed by atoms with Crippen molar-refractivity contribution in [2.24, 2.45) is 0 Å². The third kappa shape index (κ3) is 5.11. The average Bonchev–Trinajstić information content (AvgIpc) is 3.30. The number of aromatic amines is 1. The lowest BCUT2D eigenvalue weighted by Gasteiger charge is -2.10. The van der Waals surface area contributed by atoms with Crippen molar-refractivity contribution in [2.45, 2.75) is 39.4 Å². The van der Waals surface area contributed by atoms with Gasteiger partial charge in [-0.25, -0.2) is 4.79 Å². The number of aromatic nitrogens is 4. The highest BCUT2D eigenvalue weighted by Crippen LogP contribution is 2.27. The van der Waals surface area contributed by atoms with E-state index < -0.39 is 5.97 Å². The molecule has 0 radical (unpaired) electrons. The summed E-state index contributed by atoms with van der Waals surface area (Å²) >= 11 is 1.32. The summed E-state index contributed by atoms with van der Waals surface area (Å²) in [5.74, 6) is 0.359. The van der Waals surface area contributed by atoms with E-state index in [1.54, 1.807) is 27.9 Å². The van der Waals surface area contributed by atoms with Crippen LogP contribution < -0.4 is 0 Å². The molecule has 0 aliphatic heterocycles. The minimum atomic E-state index is -0.457. The van der Waals surface area contributed by atoms with Crippen LogP contribution in [-0.4, -0.2) is 57.6 Å². The number of nitrogens with zero attached hydrogens (tertiary/aromatic N) is 3. The predicted octanol–water partition coefficient (Wildman–Crippen LogP) is 4.00. The summed E-state index contributed by atoms with van der Waals surface area (Å²) in [6.07, 6.45) is 0. The van der Waals surface area contributed by atoms with Gasteiger partial charge in [-0.1, -0.05) is 35.5 Å². The zero-order valence-electron chi connectivity index (χ0n) is 19.0. The van der Waals surface area contributed by atoms with Crippen LogP contribution in [0.2, 0.25) is 0 Å². The number of carbonyl (C=O) groups is 2. The van der Waals surface area contributed by atoms with Gasteiger partial charge in [0.15, 0.2) is 16.8 Å². The van der Waals surface area contributed by atoms with Crippen LogP contribution in [-0.2, 0) is 16.0 Å². The number of nitrogens with one attached hydrogen (secondary N) is 1. The fourth-order valence-corrected chi connectivity index (χ4v) is 4.39. The van der Waals surface area contributed by atoms with Crippen molar-refractivity contribution in [3.8, 4) is 11.4 Å². The van der Waals surface area contributed by atoms with Crippen molar-refractivity contribution in [1.29, 1.82) is 0 Å². The first-order valence-electron chi connectivity index (χ1n) is 10.4. The standard InChI is InChI=1S/C23H28N4O4S/c1-6-31-22(29)20-15(3)19(16(4)24-20)18(28)13-32-23-26-25-21(27(23)10-11-30-5)17-9-7-8-14(2)12-17/h7-9,12,24H,6,10-11,13H2,1-5H3. The maximum atomic E-state index is 13.0. The van der Waals surface area contributed by atoms with E-state index in [0.29, 0.717) is 40.8 Å². The highest BCUT2D eigenvalue weighted by atomic mass is 32.2. The number of ether oxygens (including phenoxy) is 2. The van der Waals surface area contributed by atoms with Gasteiger partial charge in [0.05, 0.1) is 25.5 Å². The number of carbonyl (C=O) groups excluding carboxylic acids is 2. The van der Waals surface area contributed by atoms with Crippen LogP contribution in [0.1, 0.15) is 44.6 Å². The Bertz CT molecular complexity index is 1120. The van der Waals surface area contributed by atoms with E-state index in [2.05, 4.69) is 21.2 Å². The minimum absolute atomic E-state index is 0.0878. The molecule has 0 aliphatic carbocycles. The normalized spacial score (nSPS) is 11.0. The first-order valence-corrected chi connectivity index (χ1v) is 11.4. The lowest BCUT2D eigenvalue weighted by Crippen LogP contribution is -2.10. The van der Waals surface area contributed by atoms with Crippen molar-refractivity contribution in [1.82, 2.24) is 19.7 Å². The monoisotopic (exact) mass is 456 g/mol. The molecule has 170 valence electrons. The Morgan fingerprint density at radius 1 is 1.19 bits per heavy atom. The molecule has 2 aromatic heterocycles. The van der Waals surface area contributed by atoms with Crippen molar-refractivity contribution in [3.63, 3.8) is 0 Å². The molecule has 0 bridgehead atoms. The SMILES string of the molecule is CCOC(=O)c1[nH]c(C)c(C(=O)CSc2nnc(-c3cccc(C)c3)n2CCOC)c1C. The fourth-order valence-electron chi connectivity index (χ4n) is 3.56. The van der Waals surface area contributed by atoms with Gasteiger partial charge >= 0.3 is 5.97 Å². The van der Waals surface area contributed by atoms with Crippen LogP contribution in [0.25, 0.3) is 11.4 Å². The van der Waals surface area contributed by atoms with Crippen molar-refractivity contribution in [2.75, 3.05) is 26.1 Å². The number of hydrogen-bond donors (Lipinski definition) is 1. The highest BCUT2D eigenvalue weighted by molar-refractivity contribution is 7.99. The van der Waals surface area contributed by atoms with Gasteiger partial charge in [-0.15, -0.1) is 10.2 Å². The number of benzene rings is 1. The number of hydrogen-bond acceptors (Lipinski definition) is 7. The highest BCUT2D eigenvalue weighted by Gasteiger charge is 2.24. The summed E-state index contributed by atoms with van der Waals surface area (Å²) in [4.78, 5) is 28.2. The number of methoxy groups -OCH3 is 1. The number of esters is 1. The van der Waals surface area contributed by atoms with Gasteiger partial charge in [0.2, 0.25) is 0 Å². The predicted molar refractivity (Wildman–Crippen MR) is 123 cm³/mol. The van der Waals surface area contributed by atoms with Crippen molar-refractivity contribution < 1.29 is 19.1 Å². The molecule has 9 heteroatoms. The van der Waals surface area contributed by atoms with E-state index in [4.69, 9.17) is 9.47 Å². The van der Waals surface area contributed by atoms with Gasteiger partial charge in [0.25, 0.3) is 0 Å². The van der Waals surface area contributed by atoms with Crippen LogP contribution in [0.3, 0.4) is 0 Å². The largest absolute Gasteiger partial charge is 0.461 e. The summed E-state index contributed by atoms with van der Waals surface area (Å²) in [7, 11) is 1.64. The Kier molecular flexibility index (Phi) is 7.87. The van der Waals surface area contributed by atoms with Crippen molar-refractivity contribution in [3.05, 3.63) is 52.3 Å². The molecule has 3 aromatic rings. The third-order valence-corrected chi connectivity index (χ3v) is 6.01. The molecule has 0 aliphatic rings. The van der Waals surface area contributed by atoms with E-state index in [1.165, 1.54) is 11.8 Å². The van der Waals surface area contributed by atoms with E-state index >= 15 is 0 Å². The van der Waals surface area contributed by atoms with Gasteiger partial charge in [-0.2, -0.15) is 0 Å². The molecule has 0 saturated carbocycles. The number of thioether (sulfide) groups is 1. The van der Waals surface area contributed by atoms with E-state index in [1.807, 2.05) is 29.7 Å². The van der Waals surface area contributed by atoms with Crippen LogP contribution in [0.5, 0.6) is 0 Å². The molecular formula is C23H28N4O4S. The van der Waals surface area contributed by atoms with Gasteiger partial charge < -0.3 is 14.5 Å². The molecule has 0 unspecified atom stereocenters. The molecule has 2 heterocycles. The van der Waals surface area contributed by atoms with Gasteiger partial charge in [-0.3, -0.25) is 9.36 Å². The van der Waals surface area contributed by atoms with E-state index in [9.17, 15) is 9.59 Å². The van der Waals surface area contributed by atoms with E-state index in [-0.39, 0.29) is 18.1 Å². The molecule has 0 amide bonds. The number of Topliss-reactive ketones (excluding diaryl/α,β-unsaturated/α-hetero) is 1. The molecule has 1 aromatic carbocycles. The van der Waals surface area contributed by atoms with E-state index in [0.717, 1.165) is 17.0 Å². The summed E-state index contributed by atoms with van der Waals surface area (Å²) in [6.45, 7) is 8.65. The third-order valence-electron chi connectivity index (χ3n) is 5.04. The maximum absolute atomic E-state index is 13.0. The van der Waals surface area contributed by atoms with Crippen LogP contribution in [0.4, 0.5) is 0 Å². The second-order valence-corrected chi connectivity index (χ2v) is 8.32. The number of rotatable bonds is 10. The summed E-state index contributed by atoms with van der Waals surface area (Å²) in [6, 6.07) is 8.05. The molecule has 1 N–H and O–H groups in total. The summed E-state index contributed by atoms with van der Waals surface area (Å²) in [5.41, 5.74) is 4.18. The Morgan fingerprint density at radius 2 is 1.97 bits per heavy atom. The molecule has 8 nitrogen and oxygen atoms in total. The average molecular weight is 457 g/mol. The first-order chi connectivity index (χ1) is 15.4. The summed E-state index contributed by atoms with van der Waals surface area (Å²) < 4.78 is 12.3. The molecule has 0 saturated heterocycles. The number of aryl methyl sites for hydroxylation is 2. The van der Waals surface area contributed by atoms with Gasteiger partial charge in [0.1, 0.15) is 5.69 Å². The molecule has 0 fully saturated rings. The molecular weight excluding hydrogens is 428 g/mol. The van der Waals surface area contributed by atoms with Gasteiger partial charge in [0, 0.05) is 23.9 Å². The molecule has 32 heavy (non-hydrogen) atoms.